The third-order valence-corrected chi connectivity index (χ3v) is 5.86. The second-order valence-electron chi connectivity index (χ2n) is 6.58. The van der Waals surface area contributed by atoms with Crippen molar-refractivity contribution in [3.8, 4) is 0 Å². The molecule has 144 valence electrons. The highest BCUT2D eigenvalue weighted by atomic mass is 127. The van der Waals surface area contributed by atoms with Gasteiger partial charge in [-0.15, -0.1) is 35.3 Å². The van der Waals surface area contributed by atoms with Gasteiger partial charge in [-0.05, 0) is 32.8 Å². The van der Waals surface area contributed by atoms with Crippen molar-refractivity contribution in [3.05, 3.63) is 33.5 Å². The number of guanidine groups is 1. The molecule has 0 radical (unpaired) electrons. The molecule has 0 amide bonds. The van der Waals surface area contributed by atoms with E-state index in [4.69, 9.17) is 5.10 Å². The number of aryl methyl sites for hydroxylation is 2. The minimum atomic E-state index is 0. The Kier molecular flexibility index (Phi) is 8.33. The molecule has 1 aliphatic rings. The van der Waals surface area contributed by atoms with Gasteiger partial charge in [0.05, 0.1) is 29.0 Å². The maximum atomic E-state index is 4.70. The molecule has 2 aromatic heterocycles. The zero-order valence-electron chi connectivity index (χ0n) is 15.8. The van der Waals surface area contributed by atoms with E-state index in [0.29, 0.717) is 12.6 Å². The average Bonchev–Trinajstić information content (AvgIpc) is 3.33. The summed E-state index contributed by atoms with van der Waals surface area (Å²) in [5.41, 5.74) is 2.20. The van der Waals surface area contributed by atoms with Crippen LogP contribution >= 0.6 is 35.3 Å². The highest BCUT2D eigenvalue weighted by molar-refractivity contribution is 14.0. The predicted molar refractivity (Wildman–Crippen MR) is 119 cm³/mol. The maximum absolute atomic E-state index is 4.70. The van der Waals surface area contributed by atoms with Crippen molar-refractivity contribution in [1.82, 2.24) is 25.4 Å². The number of thiazole rings is 1. The number of hydrogen-bond donors (Lipinski definition) is 2. The molecule has 0 spiro atoms. The molecule has 8 heteroatoms. The Morgan fingerprint density at radius 1 is 1.31 bits per heavy atom. The fraction of sp³-hybridized carbons (Fsp3) is 0.611. The molecule has 2 N–H and O–H groups in total. The third kappa shape index (κ3) is 5.67. The summed E-state index contributed by atoms with van der Waals surface area (Å²) in [7, 11) is 1.80. The Hall–Kier alpha value is -1.16. The van der Waals surface area contributed by atoms with Crippen LogP contribution in [-0.2, 0) is 13.0 Å². The van der Waals surface area contributed by atoms with Gasteiger partial charge in [0.25, 0.3) is 0 Å². The summed E-state index contributed by atoms with van der Waals surface area (Å²) in [5.74, 6) is 0.806. The Morgan fingerprint density at radius 2 is 2.08 bits per heavy atom. The summed E-state index contributed by atoms with van der Waals surface area (Å²) in [6.45, 7) is 5.69. The zero-order valence-corrected chi connectivity index (χ0v) is 18.9. The van der Waals surface area contributed by atoms with Crippen molar-refractivity contribution in [1.29, 1.82) is 0 Å². The number of rotatable bonds is 6. The first-order valence-electron chi connectivity index (χ1n) is 9.07. The lowest BCUT2D eigenvalue weighted by atomic mass is 10.3. The molecule has 0 saturated heterocycles. The summed E-state index contributed by atoms with van der Waals surface area (Å²) in [4.78, 5) is 10.2. The number of nitrogens with one attached hydrogen (secondary N) is 2. The Morgan fingerprint density at radius 3 is 2.73 bits per heavy atom. The molecule has 2 aromatic rings. The van der Waals surface area contributed by atoms with Crippen LogP contribution < -0.4 is 10.6 Å². The van der Waals surface area contributed by atoms with Crippen LogP contribution in [0.5, 0.6) is 0 Å². The molecule has 0 atom stereocenters. The number of aliphatic imine (C=N–C) groups is 1. The van der Waals surface area contributed by atoms with Crippen LogP contribution in [0.2, 0.25) is 0 Å². The average molecular weight is 488 g/mol. The minimum Gasteiger partial charge on any atom is -0.356 e. The van der Waals surface area contributed by atoms with Crippen molar-refractivity contribution in [2.45, 2.75) is 58.5 Å². The Bertz CT molecular complexity index is 698. The lowest BCUT2D eigenvalue weighted by molar-refractivity contribution is 0.462. The van der Waals surface area contributed by atoms with Gasteiger partial charge >= 0.3 is 0 Å². The molecule has 0 bridgehead atoms. The first kappa shape index (κ1) is 21.1. The molecular formula is C18H29IN6S. The summed E-state index contributed by atoms with van der Waals surface area (Å²) in [6.07, 6.45) is 8.19. The van der Waals surface area contributed by atoms with Crippen molar-refractivity contribution in [2.24, 2.45) is 4.99 Å². The van der Waals surface area contributed by atoms with Crippen LogP contribution in [0.3, 0.4) is 0 Å². The smallest absolute Gasteiger partial charge is 0.191 e. The lowest BCUT2D eigenvalue weighted by Crippen LogP contribution is -2.38. The number of halogens is 1. The van der Waals surface area contributed by atoms with Gasteiger partial charge in [0.1, 0.15) is 0 Å². The SMILES string of the molecule is CN=C(NCCc1nc(C)c(C)s1)NCc1ccn(C2CCCC2)n1.I. The monoisotopic (exact) mass is 488 g/mol. The quantitative estimate of drug-likeness (QED) is 0.371. The summed E-state index contributed by atoms with van der Waals surface area (Å²) >= 11 is 1.77. The molecule has 2 heterocycles. The van der Waals surface area contributed by atoms with Crippen LogP contribution in [0.4, 0.5) is 0 Å². The largest absolute Gasteiger partial charge is 0.356 e. The van der Waals surface area contributed by atoms with Crippen LogP contribution in [-0.4, -0.2) is 34.3 Å². The molecule has 6 nitrogen and oxygen atoms in total. The van der Waals surface area contributed by atoms with E-state index in [1.165, 1.54) is 35.6 Å². The normalized spacial score (nSPS) is 15.1. The van der Waals surface area contributed by atoms with Gasteiger partial charge in [0.15, 0.2) is 5.96 Å². The number of hydrogen-bond acceptors (Lipinski definition) is 4. The van der Waals surface area contributed by atoms with E-state index in [0.717, 1.165) is 30.3 Å². The highest BCUT2D eigenvalue weighted by Crippen LogP contribution is 2.28. The van der Waals surface area contributed by atoms with E-state index >= 15 is 0 Å². The second-order valence-corrected chi connectivity index (χ2v) is 7.86. The highest BCUT2D eigenvalue weighted by Gasteiger charge is 2.17. The topological polar surface area (TPSA) is 67.1 Å². The van der Waals surface area contributed by atoms with Crippen LogP contribution in [0.25, 0.3) is 0 Å². The van der Waals surface area contributed by atoms with Gasteiger partial charge < -0.3 is 10.6 Å². The molecule has 1 aliphatic carbocycles. The lowest BCUT2D eigenvalue weighted by Gasteiger charge is -2.11. The van der Waals surface area contributed by atoms with Crippen LogP contribution in [0.1, 0.15) is 53.0 Å². The molecule has 26 heavy (non-hydrogen) atoms. The molecular weight excluding hydrogens is 459 g/mol. The van der Waals surface area contributed by atoms with Crippen molar-refractivity contribution >= 4 is 41.3 Å². The van der Waals surface area contributed by atoms with Crippen LogP contribution in [0.15, 0.2) is 17.3 Å². The predicted octanol–water partition coefficient (Wildman–Crippen LogP) is 3.60. The number of nitrogens with zero attached hydrogens (tertiary/aromatic N) is 4. The van der Waals surface area contributed by atoms with Crippen molar-refractivity contribution in [2.75, 3.05) is 13.6 Å². The van der Waals surface area contributed by atoms with Gasteiger partial charge in [-0.1, -0.05) is 12.8 Å². The molecule has 3 rings (SSSR count). The molecule has 0 unspecified atom stereocenters. The van der Waals surface area contributed by atoms with Gasteiger partial charge in [0.2, 0.25) is 0 Å². The summed E-state index contributed by atoms with van der Waals surface area (Å²) in [5, 5.41) is 12.6. The molecule has 0 aromatic carbocycles. The van der Waals surface area contributed by atoms with Crippen molar-refractivity contribution in [3.63, 3.8) is 0 Å². The molecule has 1 saturated carbocycles. The zero-order chi connectivity index (χ0) is 17.6. The standard InChI is InChI=1S/C18H28N6S.HI/c1-13-14(2)25-17(22-13)8-10-20-18(19-3)21-12-15-9-11-24(23-15)16-6-4-5-7-16;/h9,11,16H,4-8,10,12H2,1-3H3,(H2,19,20,21);1H. The maximum Gasteiger partial charge on any atom is 0.191 e. The Balaban J connectivity index is 0.00000243. The van der Waals surface area contributed by atoms with E-state index in [9.17, 15) is 0 Å². The van der Waals surface area contributed by atoms with Gasteiger partial charge in [-0.3, -0.25) is 9.67 Å². The van der Waals surface area contributed by atoms with Crippen LogP contribution in [0, 0.1) is 13.8 Å². The first-order valence-corrected chi connectivity index (χ1v) is 9.89. The van der Waals surface area contributed by atoms with E-state index in [2.05, 4.69) is 51.4 Å². The van der Waals surface area contributed by atoms with E-state index < -0.39 is 0 Å². The first-order chi connectivity index (χ1) is 12.2. The Labute approximate surface area is 176 Å². The minimum absolute atomic E-state index is 0. The number of aromatic nitrogens is 3. The van der Waals surface area contributed by atoms with Gasteiger partial charge in [-0.2, -0.15) is 5.10 Å². The summed E-state index contributed by atoms with van der Waals surface area (Å²) in [6, 6.07) is 2.69. The van der Waals surface area contributed by atoms with E-state index in [1.807, 2.05) is 0 Å². The van der Waals surface area contributed by atoms with Gasteiger partial charge in [-0.25, -0.2) is 4.98 Å². The molecule has 0 aliphatic heterocycles. The second kappa shape index (κ2) is 10.2. The fourth-order valence-electron chi connectivity index (χ4n) is 3.17. The van der Waals surface area contributed by atoms with E-state index in [1.54, 1.807) is 18.4 Å². The van der Waals surface area contributed by atoms with E-state index in [-0.39, 0.29) is 24.0 Å². The van der Waals surface area contributed by atoms with Gasteiger partial charge in [0, 0.05) is 31.1 Å². The summed E-state index contributed by atoms with van der Waals surface area (Å²) < 4.78 is 2.13. The molecule has 1 fully saturated rings. The fourth-order valence-corrected chi connectivity index (χ4v) is 4.11. The third-order valence-electron chi connectivity index (χ3n) is 4.73. The van der Waals surface area contributed by atoms with Crippen molar-refractivity contribution < 1.29 is 0 Å².